The van der Waals surface area contributed by atoms with Crippen LogP contribution in [0.4, 0.5) is 18.9 Å². The maximum atomic E-state index is 13.4. The largest absolute Gasteiger partial charge is 0.478 e. The van der Waals surface area contributed by atoms with Crippen LogP contribution in [0.3, 0.4) is 0 Å². The van der Waals surface area contributed by atoms with E-state index in [2.05, 4.69) is 0 Å². The molecule has 0 spiro atoms. The molecular weight excluding hydrogens is 287 g/mol. The molecule has 0 saturated heterocycles. The number of anilines is 1. The predicted octanol–water partition coefficient (Wildman–Crippen LogP) is 3.05. The van der Waals surface area contributed by atoms with Crippen molar-refractivity contribution in [2.24, 2.45) is 0 Å². The van der Waals surface area contributed by atoms with Crippen molar-refractivity contribution < 1.29 is 27.9 Å². The van der Waals surface area contributed by atoms with Gasteiger partial charge < -0.3 is 10.4 Å². The number of hydrogen-bond donors (Lipinski definition) is 2. The summed E-state index contributed by atoms with van der Waals surface area (Å²) in [5.74, 6) is -5.81. The third-order valence-corrected chi connectivity index (χ3v) is 2.62. The average molecular weight is 295 g/mol. The van der Waals surface area contributed by atoms with Crippen LogP contribution in [-0.2, 0) is 0 Å². The number of amides is 1. The van der Waals surface area contributed by atoms with Crippen LogP contribution >= 0.6 is 0 Å². The lowest BCUT2D eigenvalue weighted by Gasteiger charge is -2.08. The molecule has 1 amide bonds. The molecular formula is C14H8F3NO3. The molecule has 21 heavy (non-hydrogen) atoms. The molecule has 2 aromatic carbocycles. The van der Waals surface area contributed by atoms with Crippen molar-refractivity contribution in [1.29, 1.82) is 0 Å². The van der Waals surface area contributed by atoms with E-state index in [-0.39, 0.29) is 11.1 Å². The summed E-state index contributed by atoms with van der Waals surface area (Å²) in [6, 6.07) is 5.75. The molecule has 108 valence electrons. The van der Waals surface area contributed by atoms with Crippen molar-refractivity contribution in [3.8, 4) is 0 Å². The Balaban J connectivity index is 2.30. The number of aromatic carboxylic acids is 1. The zero-order valence-electron chi connectivity index (χ0n) is 10.4. The molecule has 0 heterocycles. The molecule has 0 aliphatic carbocycles. The maximum Gasteiger partial charge on any atom is 0.335 e. The Morgan fingerprint density at radius 2 is 1.52 bits per heavy atom. The number of benzene rings is 2. The first-order chi connectivity index (χ1) is 9.88. The lowest BCUT2D eigenvalue weighted by molar-refractivity contribution is 0.0697. The summed E-state index contributed by atoms with van der Waals surface area (Å²) in [4.78, 5) is 22.6. The Morgan fingerprint density at radius 3 is 2.10 bits per heavy atom. The lowest BCUT2D eigenvalue weighted by Crippen LogP contribution is -2.15. The van der Waals surface area contributed by atoms with E-state index < -0.39 is 35.0 Å². The first-order valence-electron chi connectivity index (χ1n) is 5.67. The van der Waals surface area contributed by atoms with E-state index in [0.717, 1.165) is 6.07 Å². The number of carbonyl (C=O) groups excluding carboxylic acids is 1. The van der Waals surface area contributed by atoms with Crippen LogP contribution in [0.15, 0.2) is 36.4 Å². The number of rotatable bonds is 3. The molecule has 0 radical (unpaired) electrons. The highest BCUT2D eigenvalue weighted by Crippen LogP contribution is 2.21. The van der Waals surface area contributed by atoms with E-state index in [4.69, 9.17) is 5.11 Å². The number of nitrogens with one attached hydrogen (secondary N) is 1. The first-order valence-corrected chi connectivity index (χ1v) is 5.67. The van der Waals surface area contributed by atoms with Gasteiger partial charge in [0, 0.05) is 17.7 Å². The molecule has 0 saturated carbocycles. The van der Waals surface area contributed by atoms with Gasteiger partial charge in [0.1, 0.15) is 11.5 Å². The molecule has 0 aliphatic heterocycles. The second-order valence-corrected chi connectivity index (χ2v) is 4.08. The second-order valence-electron chi connectivity index (χ2n) is 4.08. The summed E-state index contributed by atoms with van der Waals surface area (Å²) < 4.78 is 39.6. The van der Waals surface area contributed by atoms with Crippen LogP contribution in [0.25, 0.3) is 0 Å². The summed E-state index contributed by atoms with van der Waals surface area (Å²) >= 11 is 0. The Bertz CT molecular complexity index is 708. The maximum absolute atomic E-state index is 13.4. The molecule has 0 aliphatic rings. The molecule has 0 bridgehead atoms. The highest BCUT2D eigenvalue weighted by molar-refractivity contribution is 6.05. The highest BCUT2D eigenvalue weighted by atomic mass is 19.1. The summed E-state index contributed by atoms with van der Waals surface area (Å²) in [5.41, 5.74) is -1.05. The molecule has 0 aromatic heterocycles. The van der Waals surface area contributed by atoms with Gasteiger partial charge in [-0.15, -0.1) is 0 Å². The Hall–Kier alpha value is -2.83. The fourth-order valence-corrected chi connectivity index (χ4v) is 1.64. The topological polar surface area (TPSA) is 66.4 Å². The van der Waals surface area contributed by atoms with Crippen LogP contribution < -0.4 is 5.32 Å². The molecule has 0 unspecified atom stereocenters. The molecule has 0 fully saturated rings. The molecule has 7 heteroatoms. The van der Waals surface area contributed by atoms with E-state index >= 15 is 0 Å². The molecule has 2 rings (SSSR count). The van der Waals surface area contributed by atoms with Crippen molar-refractivity contribution in [3.63, 3.8) is 0 Å². The van der Waals surface area contributed by atoms with Crippen molar-refractivity contribution in [2.45, 2.75) is 0 Å². The van der Waals surface area contributed by atoms with Crippen molar-refractivity contribution >= 4 is 17.6 Å². The average Bonchev–Trinajstić information content (AvgIpc) is 2.42. The fraction of sp³-hybridized carbons (Fsp3) is 0. The van der Waals surface area contributed by atoms with Gasteiger partial charge >= 0.3 is 5.97 Å². The molecule has 0 atom stereocenters. The summed E-state index contributed by atoms with van der Waals surface area (Å²) in [7, 11) is 0. The zero-order valence-corrected chi connectivity index (χ0v) is 10.4. The first kappa shape index (κ1) is 14.6. The highest BCUT2D eigenvalue weighted by Gasteiger charge is 2.16. The van der Waals surface area contributed by atoms with Gasteiger partial charge in [-0.2, -0.15) is 0 Å². The number of halogens is 3. The van der Waals surface area contributed by atoms with Crippen LogP contribution in [0.5, 0.6) is 0 Å². The van der Waals surface area contributed by atoms with E-state index in [9.17, 15) is 22.8 Å². The minimum absolute atomic E-state index is 0.0991. The summed E-state index contributed by atoms with van der Waals surface area (Å²) in [6.45, 7) is 0. The van der Waals surface area contributed by atoms with Gasteiger partial charge in [0.2, 0.25) is 0 Å². The monoisotopic (exact) mass is 295 g/mol. The quantitative estimate of drug-likeness (QED) is 0.914. The van der Waals surface area contributed by atoms with Gasteiger partial charge in [-0.1, -0.05) is 6.07 Å². The van der Waals surface area contributed by atoms with E-state index in [0.29, 0.717) is 12.1 Å². The molecule has 2 N–H and O–H groups in total. The van der Waals surface area contributed by atoms with Gasteiger partial charge in [-0.3, -0.25) is 4.79 Å². The fourth-order valence-electron chi connectivity index (χ4n) is 1.64. The third kappa shape index (κ3) is 3.19. The van der Waals surface area contributed by atoms with Crippen molar-refractivity contribution in [1.82, 2.24) is 0 Å². The molecule has 2 aromatic rings. The lowest BCUT2D eigenvalue weighted by atomic mass is 10.1. The second kappa shape index (κ2) is 5.66. The standard InChI is InChI=1S/C14H8F3NO3/c15-9-5-10(16)12(11(17)6-9)18-13(19)7-2-1-3-8(4-7)14(20)21/h1-6H,(H,18,19)(H,20,21). The summed E-state index contributed by atoms with van der Waals surface area (Å²) in [5, 5.41) is 10.7. The number of carboxylic acid groups (broad SMARTS) is 1. The van der Waals surface area contributed by atoms with Crippen LogP contribution in [-0.4, -0.2) is 17.0 Å². The number of carboxylic acids is 1. The predicted molar refractivity (Wildman–Crippen MR) is 67.7 cm³/mol. The van der Waals surface area contributed by atoms with Crippen LogP contribution in [0.2, 0.25) is 0 Å². The normalized spacial score (nSPS) is 10.2. The SMILES string of the molecule is O=C(O)c1cccc(C(=O)Nc2c(F)cc(F)cc2F)c1. The van der Waals surface area contributed by atoms with Gasteiger partial charge in [0.15, 0.2) is 11.6 Å². The number of hydrogen-bond acceptors (Lipinski definition) is 2. The minimum atomic E-state index is -1.27. The summed E-state index contributed by atoms with van der Waals surface area (Å²) in [6.07, 6.45) is 0. The zero-order chi connectivity index (χ0) is 15.6. The van der Waals surface area contributed by atoms with E-state index in [1.54, 1.807) is 0 Å². The molecule has 4 nitrogen and oxygen atoms in total. The van der Waals surface area contributed by atoms with Crippen molar-refractivity contribution in [3.05, 3.63) is 65.0 Å². The van der Waals surface area contributed by atoms with Crippen LogP contribution in [0.1, 0.15) is 20.7 Å². The number of carbonyl (C=O) groups is 2. The minimum Gasteiger partial charge on any atom is -0.478 e. The van der Waals surface area contributed by atoms with Gasteiger partial charge in [0.25, 0.3) is 5.91 Å². The van der Waals surface area contributed by atoms with Gasteiger partial charge in [-0.05, 0) is 18.2 Å². The Kier molecular flexibility index (Phi) is 3.93. The van der Waals surface area contributed by atoms with Crippen molar-refractivity contribution in [2.75, 3.05) is 5.32 Å². The van der Waals surface area contributed by atoms with E-state index in [1.807, 2.05) is 5.32 Å². The van der Waals surface area contributed by atoms with E-state index in [1.165, 1.54) is 18.2 Å². The Labute approximate surface area is 116 Å². The smallest absolute Gasteiger partial charge is 0.335 e. The van der Waals surface area contributed by atoms with Gasteiger partial charge in [0.05, 0.1) is 5.56 Å². The third-order valence-electron chi connectivity index (χ3n) is 2.62. The van der Waals surface area contributed by atoms with Crippen LogP contribution in [0, 0.1) is 17.5 Å². The Morgan fingerprint density at radius 1 is 0.952 bits per heavy atom. The van der Waals surface area contributed by atoms with Gasteiger partial charge in [-0.25, -0.2) is 18.0 Å².